The lowest BCUT2D eigenvalue weighted by Gasteiger charge is -2.14. The summed E-state index contributed by atoms with van der Waals surface area (Å²) in [5, 5.41) is 0. The molecule has 1 aliphatic rings. The molecule has 0 aliphatic carbocycles. The molecule has 22 heavy (non-hydrogen) atoms. The van der Waals surface area contributed by atoms with Gasteiger partial charge in [-0.1, -0.05) is 36.4 Å². The number of hydrogen-bond acceptors (Lipinski definition) is 2. The van der Waals surface area contributed by atoms with Gasteiger partial charge in [-0.2, -0.15) is 0 Å². The second-order valence-corrected chi connectivity index (χ2v) is 5.32. The van der Waals surface area contributed by atoms with Crippen molar-refractivity contribution in [1.82, 2.24) is 4.90 Å². The molecule has 2 nitrogen and oxygen atoms in total. The van der Waals surface area contributed by atoms with Crippen LogP contribution in [0.2, 0.25) is 0 Å². The van der Waals surface area contributed by atoms with Crippen LogP contribution in [0.25, 0.3) is 0 Å². The third-order valence-corrected chi connectivity index (χ3v) is 3.69. The van der Waals surface area contributed by atoms with Crippen LogP contribution in [0.4, 0.5) is 8.78 Å². The molecule has 1 heterocycles. The van der Waals surface area contributed by atoms with Crippen LogP contribution < -0.4 is 0 Å². The molecule has 0 bridgehead atoms. The van der Waals surface area contributed by atoms with Gasteiger partial charge in [-0.3, -0.25) is 9.69 Å². The van der Waals surface area contributed by atoms with Gasteiger partial charge in [0, 0.05) is 31.3 Å². The van der Waals surface area contributed by atoms with Crippen molar-refractivity contribution in [3.05, 3.63) is 82.9 Å². The third-order valence-electron chi connectivity index (χ3n) is 3.69. The molecule has 2 aromatic rings. The molecule has 0 spiro atoms. The van der Waals surface area contributed by atoms with Gasteiger partial charge in [0.05, 0.1) is 5.56 Å². The van der Waals surface area contributed by atoms with Gasteiger partial charge in [-0.15, -0.1) is 0 Å². The first kappa shape index (κ1) is 14.6. The van der Waals surface area contributed by atoms with E-state index in [1.54, 1.807) is 12.1 Å². The number of halogens is 2. The first-order valence-corrected chi connectivity index (χ1v) is 7.09. The zero-order valence-corrected chi connectivity index (χ0v) is 11.9. The molecule has 0 N–H and O–H groups in total. The van der Waals surface area contributed by atoms with Crippen LogP contribution in [0.1, 0.15) is 21.5 Å². The van der Waals surface area contributed by atoms with Crippen molar-refractivity contribution in [1.29, 1.82) is 0 Å². The molecule has 0 radical (unpaired) electrons. The van der Waals surface area contributed by atoms with Crippen LogP contribution >= 0.6 is 0 Å². The average molecular weight is 299 g/mol. The first-order valence-electron chi connectivity index (χ1n) is 7.09. The fourth-order valence-corrected chi connectivity index (χ4v) is 2.50. The quantitative estimate of drug-likeness (QED) is 0.635. The Kier molecular flexibility index (Phi) is 4.11. The summed E-state index contributed by atoms with van der Waals surface area (Å²) in [6.45, 7) is 2.68. The maximum atomic E-state index is 13.7. The second kappa shape index (κ2) is 6.20. The van der Waals surface area contributed by atoms with Crippen molar-refractivity contribution < 1.29 is 13.6 Å². The Bertz CT molecular complexity index is 714. The summed E-state index contributed by atoms with van der Waals surface area (Å²) in [7, 11) is 0. The molecule has 112 valence electrons. The lowest BCUT2D eigenvalue weighted by atomic mass is 10.0. The van der Waals surface area contributed by atoms with Gasteiger partial charge in [0.2, 0.25) is 0 Å². The van der Waals surface area contributed by atoms with Crippen molar-refractivity contribution in [2.75, 3.05) is 13.1 Å². The Labute approximate surface area is 127 Å². The summed E-state index contributed by atoms with van der Waals surface area (Å²) >= 11 is 0. The molecule has 0 atom stereocenters. The lowest BCUT2D eigenvalue weighted by Crippen LogP contribution is -2.19. The zero-order chi connectivity index (χ0) is 15.5. The van der Waals surface area contributed by atoms with Gasteiger partial charge < -0.3 is 0 Å². The highest BCUT2D eigenvalue weighted by Gasteiger charge is 2.15. The maximum Gasteiger partial charge on any atom is 0.195 e. The summed E-state index contributed by atoms with van der Waals surface area (Å²) in [5.41, 5.74) is 1.38. The smallest absolute Gasteiger partial charge is 0.195 e. The summed E-state index contributed by atoms with van der Waals surface area (Å²) in [5.74, 6) is -1.97. The summed E-state index contributed by atoms with van der Waals surface area (Å²) in [4.78, 5) is 14.5. The van der Waals surface area contributed by atoms with E-state index in [2.05, 4.69) is 17.1 Å². The molecule has 0 saturated heterocycles. The Morgan fingerprint density at radius 3 is 2.32 bits per heavy atom. The largest absolute Gasteiger partial charge is 0.292 e. The minimum Gasteiger partial charge on any atom is -0.292 e. The van der Waals surface area contributed by atoms with Gasteiger partial charge in [-0.05, 0) is 17.7 Å². The van der Waals surface area contributed by atoms with Crippen LogP contribution in [0.5, 0.6) is 0 Å². The number of benzene rings is 2. The highest BCUT2D eigenvalue weighted by atomic mass is 19.1. The number of carbonyl (C=O) groups excluding carboxylic acids is 1. The SMILES string of the molecule is O=C(c1ccc(CN2CC=CC2)cc1)c1ccc(F)cc1F. The third kappa shape index (κ3) is 3.12. The van der Waals surface area contributed by atoms with Crippen molar-refractivity contribution in [3.63, 3.8) is 0 Å². The molecule has 0 amide bonds. The number of ketones is 1. The van der Waals surface area contributed by atoms with Crippen LogP contribution in [-0.2, 0) is 6.54 Å². The number of carbonyl (C=O) groups is 1. The Hall–Kier alpha value is -2.33. The van der Waals surface area contributed by atoms with Gasteiger partial charge >= 0.3 is 0 Å². The molecular formula is C18H15F2NO. The van der Waals surface area contributed by atoms with Gasteiger partial charge in [0.1, 0.15) is 11.6 Å². The monoisotopic (exact) mass is 299 g/mol. The van der Waals surface area contributed by atoms with E-state index in [1.165, 1.54) is 6.07 Å². The average Bonchev–Trinajstić information content (AvgIpc) is 3.00. The van der Waals surface area contributed by atoms with E-state index in [4.69, 9.17) is 0 Å². The molecule has 4 heteroatoms. The van der Waals surface area contributed by atoms with E-state index in [1.807, 2.05) is 12.1 Å². The fourth-order valence-electron chi connectivity index (χ4n) is 2.50. The van der Waals surface area contributed by atoms with E-state index in [0.717, 1.165) is 37.3 Å². The van der Waals surface area contributed by atoms with E-state index < -0.39 is 17.4 Å². The molecule has 3 rings (SSSR count). The molecule has 0 fully saturated rings. The van der Waals surface area contributed by atoms with E-state index in [0.29, 0.717) is 5.56 Å². The van der Waals surface area contributed by atoms with Gasteiger partial charge in [0.25, 0.3) is 0 Å². The standard InChI is InChI=1S/C18H15F2NO/c19-15-7-8-16(17(20)11-15)18(22)14-5-3-13(4-6-14)12-21-9-1-2-10-21/h1-8,11H,9-10,12H2. The number of hydrogen-bond donors (Lipinski definition) is 0. The van der Waals surface area contributed by atoms with Gasteiger partial charge in [-0.25, -0.2) is 8.78 Å². The van der Waals surface area contributed by atoms with Crippen molar-refractivity contribution >= 4 is 5.78 Å². The van der Waals surface area contributed by atoms with Crippen LogP contribution in [0, 0.1) is 11.6 Å². The zero-order valence-electron chi connectivity index (χ0n) is 11.9. The maximum absolute atomic E-state index is 13.7. The van der Waals surface area contributed by atoms with E-state index in [9.17, 15) is 13.6 Å². The van der Waals surface area contributed by atoms with Crippen LogP contribution in [0.15, 0.2) is 54.6 Å². The topological polar surface area (TPSA) is 20.3 Å². The van der Waals surface area contributed by atoms with Gasteiger partial charge in [0.15, 0.2) is 5.78 Å². The predicted octanol–water partition coefficient (Wildman–Crippen LogP) is 3.57. The second-order valence-electron chi connectivity index (χ2n) is 5.32. The molecule has 1 aliphatic heterocycles. The van der Waals surface area contributed by atoms with Crippen molar-refractivity contribution in [3.8, 4) is 0 Å². The van der Waals surface area contributed by atoms with Crippen molar-refractivity contribution in [2.24, 2.45) is 0 Å². The summed E-state index contributed by atoms with van der Waals surface area (Å²) in [6, 6.07) is 10.1. The lowest BCUT2D eigenvalue weighted by molar-refractivity contribution is 0.103. The number of nitrogens with zero attached hydrogens (tertiary/aromatic N) is 1. The van der Waals surface area contributed by atoms with Crippen molar-refractivity contribution in [2.45, 2.75) is 6.54 Å². The highest BCUT2D eigenvalue weighted by Crippen LogP contribution is 2.16. The summed E-state index contributed by atoms with van der Waals surface area (Å²) in [6.07, 6.45) is 4.24. The minimum absolute atomic E-state index is 0.113. The number of rotatable bonds is 4. The molecular weight excluding hydrogens is 284 g/mol. The summed E-state index contributed by atoms with van der Waals surface area (Å²) < 4.78 is 26.6. The Morgan fingerprint density at radius 2 is 1.68 bits per heavy atom. The van der Waals surface area contributed by atoms with E-state index >= 15 is 0 Å². The molecule has 0 unspecified atom stereocenters. The van der Waals surface area contributed by atoms with Crippen LogP contribution in [-0.4, -0.2) is 23.8 Å². The molecule has 0 saturated carbocycles. The minimum atomic E-state index is -0.836. The first-order chi connectivity index (χ1) is 10.6. The van der Waals surface area contributed by atoms with Crippen LogP contribution in [0.3, 0.4) is 0 Å². The predicted molar refractivity (Wildman–Crippen MR) is 80.6 cm³/mol. The fraction of sp³-hybridized carbons (Fsp3) is 0.167. The Morgan fingerprint density at radius 1 is 1.00 bits per heavy atom. The molecule has 2 aromatic carbocycles. The molecule has 0 aromatic heterocycles. The normalized spacial score (nSPS) is 14.5. The highest BCUT2D eigenvalue weighted by molar-refractivity contribution is 6.09. The van der Waals surface area contributed by atoms with E-state index in [-0.39, 0.29) is 5.56 Å². The Balaban J connectivity index is 1.75.